The predicted octanol–water partition coefficient (Wildman–Crippen LogP) is 3.54. The largest absolute Gasteiger partial charge is 0.391 e. The maximum atomic E-state index is 12.9. The van der Waals surface area contributed by atoms with E-state index in [0.717, 1.165) is 10.3 Å². The molecule has 1 aromatic carbocycles. The predicted molar refractivity (Wildman–Crippen MR) is 129 cm³/mol. The van der Waals surface area contributed by atoms with Crippen molar-refractivity contribution in [2.45, 2.75) is 58.2 Å². The summed E-state index contributed by atoms with van der Waals surface area (Å²) in [6, 6.07) is 10.2. The van der Waals surface area contributed by atoms with E-state index in [0.29, 0.717) is 25.7 Å². The second-order valence-corrected chi connectivity index (χ2v) is 10.2. The molecule has 2 aromatic rings. The normalized spacial score (nSPS) is 22.9. The first-order valence-corrected chi connectivity index (χ1v) is 12.0. The lowest BCUT2D eigenvalue weighted by Crippen LogP contribution is -2.31. The molecule has 1 aliphatic carbocycles. The number of hydrogen-bond donors (Lipinski definition) is 3. The summed E-state index contributed by atoms with van der Waals surface area (Å²) in [6.07, 6.45) is 3.93. The van der Waals surface area contributed by atoms with Gasteiger partial charge in [-0.2, -0.15) is 5.90 Å². The van der Waals surface area contributed by atoms with E-state index in [1.54, 1.807) is 37.3 Å². The number of thiophene rings is 1. The van der Waals surface area contributed by atoms with Crippen molar-refractivity contribution in [3.8, 4) is 11.8 Å². The van der Waals surface area contributed by atoms with Gasteiger partial charge in [0.25, 0.3) is 0 Å². The van der Waals surface area contributed by atoms with Crippen molar-refractivity contribution in [3.05, 3.63) is 47.4 Å². The Bertz CT molecular complexity index is 1040. The van der Waals surface area contributed by atoms with Gasteiger partial charge in [-0.15, -0.1) is 23.2 Å². The number of carbonyl (C=O) groups excluding carboxylic acids is 2. The van der Waals surface area contributed by atoms with Crippen LogP contribution in [0.15, 0.2) is 42.5 Å². The minimum absolute atomic E-state index is 0.0235. The van der Waals surface area contributed by atoms with Gasteiger partial charge in [-0.3, -0.25) is 9.59 Å². The second-order valence-electron chi connectivity index (χ2n) is 9.02. The van der Waals surface area contributed by atoms with Crippen LogP contribution in [0.2, 0.25) is 0 Å². The lowest BCUT2D eigenvalue weighted by molar-refractivity contribution is -0.144. The highest BCUT2D eigenvalue weighted by molar-refractivity contribution is 7.19. The monoisotopic (exact) mass is 469 g/mol. The zero-order valence-corrected chi connectivity index (χ0v) is 19.8. The number of unbranched alkanes of at least 4 members (excludes halogenated alkanes) is 1. The lowest BCUT2D eigenvalue weighted by Gasteiger charge is -2.22. The van der Waals surface area contributed by atoms with Gasteiger partial charge < -0.3 is 15.1 Å². The van der Waals surface area contributed by atoms with Gasteiger partial charge in [0.2, 0.25) is 0 Å². The molecule has 0 radical (unpaired) electrons. The Balaban J connectivity index is 1.63. The van der Waals surface area contributed by atoms with Crippen LogP contribution in [0, 0.1) is 29.1 Å². The molecule has 0 spiro atoms. The molecule has 6 nitrogen and oxygen atoms in total. The zero-order chi connectivity index (χ0) is 24.0. The number of aliphatic hydroxyl groups excluding tert-OH is 2. The van der Waals surface area contributed by atoms with Gasteiger partial charge in [0.1, 0.15) is 5.78 Å². The minimum Gasteiger partial charge on any atom is -0.391 e. The van der Waals surface area contributed by atoms with Crippen LogP contribution in [0.4, 0.5) is 0 Å². The fraction of sp³-hybridized carbons (Fsp3) is 0.462. The van der Waals surface area contributed by atoms with Crippen LogP contribution in [0.3, 0.4) is 0 Å². The highest BCUT2D eigenvalue weighted by atomic mass is 32.1. The van der Waals surface area contributed by atoms with Crippen LogP contribution in [-0.2, 0) is 20.8 Å². The molecule has 3 rings (SSSR count). The van der Waals surface area contributed by atoms with E-state index in [9.17, 15) is 19.8 Å². The van der Waals surface area contributed by atoms with Crippen LogP contribution in [0.1, 0.15) is 44.4 Å². The zero-order valence-electron chi connectivity index (χ0n) is 19.0. The van der Waals surface area contributed by atoms with Gasteiger partial charge in [-0.1, -0.05) is 44.2 Å². The summed E-state index contributed by atoms with van der Waals surface area (Å²) in [7, 11) is 0. The van der Waals surface area contributed by atoms with Gasteiger partial charge in [0.05, 0.1) is 17.6 Å². The first kappa shape index (κ1) is 25.1. The highest BCUT2D eigenvalue weighted by Gasteiger charge is 2.53. The molecule has 4 N–H and O–H groups in total. The summed E-state index contributed by atoms with van der Waals surface area (Å²) in [6.45, 7) is 3.50. The Morgan fingerprint density at radius 3 is 2.82 bits per heavy atom. The smallest absolute Gasteiger partial charge is 0.324 e. The van der Waals surface area contributed by atoms with E-state index in [-0.39, 0.29) is 12.2 Å². The van der Waals surface area contributed by atoms with E-state index < -0.39 is 35.4 Å². The molecular weight excluding hydrogens is 438 g/mol. The summed E-state index contributed by atoms with van der Waals surface area (Å²) < 4.78 is 1.18. The molecular formula is C26H31NO5S. The Labute approximate surface area is 198 Å². The van der Waals surface area contributed by atoms with Gasteiger partial charge in [-0.25, -0.2) is 0 Å². The van der Waals surface area contributed by atoms with E-state index in [2.05, 4.69) is 34.9 Å². The number of hydrogen-bond acceptors (Lipinski definition) is 7. The molecule has 1 aromatic heterocycles. The summed E-state index contributed by atoms with van der Waals surface area (Å²) >= 11 is 1.65. The molecule has 1 unspecified atom stereocenters. The fourth-order valence-corrected chi connectivity index (χ4v) is 5.40. The Morgan fingerprint density at radius 2 is 2.09 bits per heavy atom. The van der Waals surface area contributed by atoms with Crippen molar-refractivity contribution >= 4 is 33.2 Å². The maximum absolute atomic E-state index is 12.9. The molecule has 0 amide bonds. The van der Waals surface area contributed by atoms with Gasteiger partial charge >= 0.3 is 5.97 Å². The van der Waals surface area contributed by atoms with E-state index in [1.807, 2.05) is 12.1 Å². The summed E-state index contributed by atoms with van der Waals surface area (Å²) in [4.78, 5) is 29.2. The van der Waals surface area contributed by atoms with E-state index in [4.69, 9.17) is 5.90 Å². The van der Waals surface area contributed by atoms with Crippen molar-refractivity contribution in [2.24, 2.45) is 23.1 Å². The average molecular weight is 470 g/mol. The number of fused-ring (bicyclic) bond motifs is 1. The second kappa shape index (κ2) is 11.1. The van der Waals surface area contributed by atoms with Crippen molar-refractivity contribution in [1.29, 1.82) is 0 Å². The topological polar surface area (TPSA) is 110 Å². The lowest BCUT2D eigenvalue weighted by atomic mass is 9.86. The van der Waals surface area contributed by atoms with Crippen molar-refractivity contribution < 1.29 is 24.6 Å². The SMILES string of the molecule is CC1(C)C(=O)[C@H](CC#CCCCC(=O)ON)[C@@H](C=CC(O)Cc2cc3ccccc3s2)[C@@H]1O. The van der Waals surface area contributed by atoms with Crippen molar-refractivity contribution in [2.75, 3.05) is 0 Å². The van der Waals surface area contributed by atoms with Gasteiger partial charge in [0, 0.05) is 47.1 Å². The number of aliphatic hydroxyl groups is 2. The third-order valence-electron chi connectivity index (χ3n) is 6.24. The van der Waals surface area contributed by atoms with Crippen LogP contribution >= 0.6 is 11.3 Å². The van der Waals surface area contributed by atoms with Crippen molar-refractivity contribution in [3.63, 3.8) is 0 Å². The number of Topliss-reactive ketones (excluding diaryl/α,β-unsaturated/α-hetero) is 1. The number of ketones is 1. The summed E-state index contributed by atoms with van der Waals surface area (Å²) in [5.74, 6) is 9.45. The number of nitrogens with two attached hydrogens (primary N) is 1. The van der Waals surface area contributed by atoms with Crippen LogP contribution in [0.25, 0.3) is 10.1 Å². The minimum atomic E-state index is -0.872. The summed E-state index contributed by atoms with van der Waals surface area (Å²) in [5, 5.41) is 22.6. The maximum Gasteiger partial charge on any atom is 0.324 e. The molecule has 0 bridgehead atoms. The molecule has 0 saturated heterocycles. The third kappa shape index (κ3) is 6.10. The summed E-state index contributed by atoms with van der Waals surface area (Å²) in [5.41, 5.74) is -0.872. The Morgan fingerprint density at radius 1 is 1.33 bits per heavy atom. The molecule has 1 fully saturated rings. The molecule has 1 heterocycles. The van der Waals surface area contributed by atoms with Crippen LogP contribution in [0.5, 0.6) is 0 Å². The van der Waals surface area contributed by atoms with Crippen LogP contribution in [-0.4, -0.2) is 34.2 Å². The standard InChI is InChI=1S/C26H31NO5S/c1-26(2)24(30)20(10-5-3-4-6-12-23(29)32-27)21(25(26)31)14-13-18(28)16-19-15-17-9-7-8-11-22(17)33-19/h7-9,11,13-15,18,20-21,25,28,31H,4,6,10,12,16,27H2,1-2H3/t18?,20-,21-,25+/m1/s1. The average Bonchev–Trinajstić information content (AvgIpc) is 3.26. The molecule has 1 aliphatic rings. The first-order valence-electron chi connectivity index (χ1n) is 11.2. The molecule has 7 heteroatoms. The van der Waals surface area contributed by atoms with Crippen LogP contribution < -0.4 is 5.90 Å². The van der Waals surface area contributed by atoms with E-state index >= 15 is 0 Å². The number of benzene rings is 1. The molecule has 33 heavy (non-hydrogen) atoms. The molecule has 4 atom stereocenters. The number of rotatable bonds is 8. The molecule has 176 valence electrons. The Hall–Kier alpha value is -2.50. The first-order chi connectivity index (χ1) is 15.7. The quantitative estimate of drug-likeness (QED) is 0.236. The Kier molecular flexibility index (Phi) is 8.44. The highest BCUT2D eigenvalue weighted by Crippen LogP contribution is 2.44. The molecule has 1 saturated carbocycles. The number of carbonyl (C=O) groups is 2. The van der Waals surface area contributed by atoms with Gasteiger partial charge in [-0.05, 0) is 23.9 Å². The van der Waals surface area contributed by atoms with Crippen molar-refractivity contribution in [1.82, 2.24) is 0 Å². The molecule has 0 aliphatic heterocycles. The van der Waals surface area contributed by atoms with Gasteiger partial charge in [0.15, 0.2) is 0 Å². The van der Waals surface area contributed by atoms with E-state index in [1.165, 1.54) is 4.70 Å². The fourth-order valence-electron chi connectivity index (χ4n) is 4.29. The third-order valence-corrected chi connectivity index (χ3v) is 7.38.